The molecule has 0 aliphatic heterocycles. The van der Waals surface area contributed by atoms with E-state index in [1.54, 1.807) is 11.3 Å². The molecule has 3 rings (SSSR count). The van der Waals surface area contributed by atoms with Crippen molar-refractivity contribution in [3.05, 3.63) is 50.9 Å². The van der Waals surface area contributed by atoms with Gasteiger partial charge in [0.1, 0.15) is 16.5 Å². The van der Waals surface area contributed by atoms with Crippen molar-refractivity contribution in [2.45, 2.75) is 33.1 Å². The van der Waals surface area contributed by atoms with Gasteiger partial charge in [-0.05, 0) is 31.5 Å². The maximum Gasteiger partial charge on any atom is 0.573 e. The lowest BCUT2D eigenvalue weighted by Crippen LogP contribution is -2.17. The molecule has 0 saturated heterocycles. The lowest BCUT2D eigenvalue weighted by atomic mass is 10.1. The fraction of sp³-hybridized carbons (Fsp3) is 0.278. The number of halogens is 3. The summed E-state index contributed by atoms with van der Waals surface area (Å²) in [4.78, 5) is 22.2. The molecular formula is C18H15F3N2O2S2. The van der Waals surface area contributed by atoms with Crippen LogP contribution in [0, 0.1) is 13.8 Å². The largest absolute Gasteiger partial charge is 0.573 e. The number of benzene rings is 1. The number of hydrogen-bond acceptors (Lipinski definition) is 6. The van der Waals surface area contributed by atoms with Crippen LogP contribution < -0.4 is 4.74 Å². The topological polar surface area (TPSA) is 52.1 Å². The lowest BCUT2D eigenvalue weighted by Gasteiger charge is -2.09. The fourth-order valence-corrected chi connectivity index (χ4v) is 4.30. The molecule has 0 fully saturated rings. The summed E-state index contributed by atoms with van der Waals surface area (Å²) in [5, 5.41) is 3.58. The van der Waals surface area contributed by atoms with Gasteiger partial charge in [-0.1, -0.05) is 12.1 Å². The molecule has 4 nitrogen and oxygen atoms in total. The number of alkyl halides is 3. The molecule has 0 amide bonds. The maximum absolute atomic E-state index is 12.3. The predicted octanol–water partition coefficient (Wildman–Crippen LogP) is 5.14. The molecule has 0 N–H and O–H groups in total. The Morgan fingerprint density at radius 3 is 2.41 bits per heavy atom. The number of thiazole rings is 2. The summed E-state index contributed by atoms with van der Waals surface area (Å²) in [5.41, 5.74) is 2.36. The van der Waals surface area contributed by atoms with Crippen LogP contribution in [0.5, 0.6) is 5.75 Å². The van der Waals surface area contributed by atoms with E-state index in [4.69, 9.17) is 0 Å². The van der Waals surface area contributed by atoms with Gasteiger partial charge >= 0.3 is 6.36 Å². The van der Waals surface area contributed by atoms with Crippen LogP contribution >= 0.6 is 22.7 Å². The first-order valence-electron chi connectivity index (χ1n) is 7.95. The van der Waals surface area contributed by atoms with Crippen LogP contribution in [0.3, 0.4) is 0 Å². The summed E-state index contributed by atoms with van der Waals surface area (Å²) in [6.07, 6.45) is -4.42. The highest BCUT2D eigenvalue weighted by molar-refractivity contribution is 7.16. The third-order valence-electron chi connectivity index (χ3n) is 3.59. The Balaban J connectivity index is 1.60. The van der Waals surface area contributed by atoms with Gasteiger partial charge in [0, 0.05) is 11.8 Å². The van der Waals surface area contributed by atoms with Crippen molar-refractivity contribution >= 4 is 28.5 Å². The average molecular weight is 412 g/mol. The number of ketones is 1. The van der Waals surface area contributed by atoms with Crippen molar-refractivity contribution in [3.63, 3.8) is 0 Å². The quantitative estimate of drug-likeness (QED) is 0.563. The summed E-state index contributed by atoms with van der Waals surface area (Å²) < 4.78 is 40.3. The summed E-state index contributed by atoms with van der Waals surface area (Å²) >= 11 is 2.98. The minimum atomic E-state index is -4.73. The van der Waals surface area contributed by atoms with E-state index in [-0.39, 0.29) is 24.4 Å². The smallest absolute Gasteiger partial charge is 0.406 e. The van der Waals surface area contributed by atoms with Gasteiger partial charge in [-0.15, -0.1) is 35.8 Å². The number of aryl methyl sites for hydroxylation is 2. The Hall–Kier alpha value is -2.26. The molecule has 2 heterocycles. The second-order valence-electron chi connectivity index (χ2n) is 5.86. The van der Waals surface area contributed by atoms with Gasteiger partial charge in [0.2, 0.25) is 0 Å². The number of nitrogens with zero attached hydrogens (tertiary/aromatic N) is 2. The summed E-state index contributed by atoms with van der Waals surface area (Å²) in [5.74, 6) is -0.365. The molecule has 9 heteroatoms. The van der Waals surface area contributed by atoms with Gasteiger partial charge < -0.3 is 4.74 Å². The molecule has 0 aliphatic carbocycles. The molecule has 2 aromatic heterocycles. The van der Waals surface area contributed by atoms with Crippen LogP contribution in [0.25, 0.3) is 10.6 Å². The summed E-state index contributed by atoms with van der Waals surface area (Å²) in [7, 11) is 0. The highest BCUT2D eigenvalue weighted by Gasteiger charge is 2.30. The first-order valence-corrected chi connectivity index (χ1v) is 9.64. The molecule has 0 saturated carbocycles. The van der Waals surface area contributed by atoms with Crippen molar-refractivity contribution in [1.29, 1.82) is 0 Å². The van der Waals surface area contributed by atoms with Gasteiger partial charge in [0.05, 0.1) is 27.7 Å². The van der Waals surface area contributed by atoms with Gasteiger partial charge in [-0.25, -0.2) is 9.97 Å². The third-order valence-corrected chi connectivity index (χ3v) is 5.54. The second-order valence-corrected chi connectivity index (χ2v) is 8.00. The van der Waals surface area contributed by atoms with Crippen LogP contribution in [0.4, 0.5) is 13.2 Å². The standard InChI is InChI=1S/C18H15F3N2O2S2/c1-10-17(27-11(2)22-10)15-9-26-16(23-15)8-13(24)7-12-3-5-14(6-4-12)25-18(19,20)21/h3-6,9H,7-8H2,1-2H3. The third kappa shape index (κ3) is 5.36. The number of hydrogen-bond donors (Lipinski definition) is 0. The molecule has 142 valence electrons. The Bertz CT molecular complexity index is 946. The van der Waals surface area contributed by atoms with Crippen molar-refractivity contribution in [1.82, 2.24) is 9.97 Å². The van der Waals surface area contributed by atoms with Gasteiger partial charge in [-0.2, -0.15) is 0 Å². The van der Waals surface area contributed by atoms with Crippen LogP contribution in [-0.4, -0.2) is 22.1 Å². The van der Waals surface area contributed by atoms with Crippen LogP contribution in [-0.2, 0) is 17.6 Å². The van der Waals surface area contributed by atoms with E-state index < -0.39 is 6.36 Å². The Morgan fingerprint density at radius 1 is 1.11 bits per heavy atom. The number of ether oxygens (including phenoxy) is 1. The van der Waals surface area contributed by atoms with E-state index in [2.05, 4.69) is 14.7 Å². The number of aromatic nitrogens is 2. The van der Waals surface area contributed by atoms with Crippen LogP contribution in [0.15, 0.2) is 29.6 Å². The predicted molar refractivity (Wildman–Crippen MR) is 98.2 cm³/mol. The Morgan fingerprint density at radius 2 is 1.81 bits per heavy atom. The fourth-order valence-electron chi connectivity index (χ4n) is 2.53. The molecule has 0 spiro atoms. The van der Waals surface area contributed by atoms with E-state index in [0.717, 1.165) is 21.3 Å². The Labute approximate surface area is 161 Å². The van der Waals surface area contributed by atoms with E-state index >= 15 is 0 Å². The highest BCUT2D eigenvalue weighted by Crippen LogP contribution is 2.30. The monoisotopic (exact) mass is 412 g/mol. The molecule has 0 atom stereocenters. The van der Waals surface area contributed by atoms with Gasteiger partial charge in [0.15, 0.2) is 0 Å². The van der Waals surface area contributed by atoms with Gasteiger partial charge in [0.25, 0.3) is 0 Å². The normalized spacial score (nSPS) is 11.6. The van der Waals surface area contributed by atoms with Crippen molar-refractivity contribution in [2.75, 3.05) is 0 Å². The zero-order chi connectivity index (χ0) is 19.6. The first kappa shape index (κ1) is 19.5. The summed E-state index contributed by atoms with van der Waals surface area (Å²) in [6, 6.07) is 5.31. The molecule has 27 heavy (non-hydrogen) atoms. The van der Waals surface area contributed by atoms with E-state index in [1.165, 1.54) is 35.6 Å². The molecule has 1 aromatic carbocycles. The maximum atomic E-state index is 12.3. The number of rotatable bonds is 6. The van der Waals surface area contributed by atoms with Crippen LogP contribution in [0.1, 0.15) is 21.3 Å². The molecule has 0 radical (unpaired) electrons. The van der Waals surface area contributed by atoms with E-state index in [1.807, 2.05) is 19.2 Å². The van der Waals surface area contributed by atoms with E-state index in [0.29, 0.717) is 10.6 Å². The SMILES string of the molecule is Cc1nc(C)c(-c2csc(CC(=O)Cc3ccc(OC(F)(F)F)cc3)n2)s1. The highest BCUT2D eigenvalue weighted by atomic mass is 32.1. The minimum absolute atomic E-state index is 0.0578. The minimum Gasteiger partial charge on any atom is -0.406 e. The molecule has 0 unspecified atom stereocenters. The molecule has 3 aromatic rings. The molecular weight excluding hydrogens is 397 g/mol. The zero-order valence-electron chi connectivity index (χ0n) is 14.5. The summed E-state index contributed by atoms with van der Waals surface area (Å²) in [6.45, 7) is 3.86. The van der Waals surface area contributed by atoms with Crippen molar-refractivity contribution in [3.8, 4) is 16.3 Å². The van der Waals surface area contributed by atoms with Crippen molar-refractivity contribution < 1.29 is 22.7 Å². The second kappa shape index (κ2) is 7.77. The average Bonchev–Trinajstić information content (AvgIpc) is 3.13. The first-order chi connectivity index (χ1) is 12.7. The molecule has 0 aliphatic rings. The lowest BCUT2D eigenvalue weighted by molar-refractivity contribution is -0.274. The van der Waals surface area contributed by atoms with Crippen LogP contribution in [0.2, 0.25) is 0 Å². The number of carbonyl (C=O) groups excluding carboxylic acids is 1. The number of carbonyl (C=O) groups is 1. The van der Waals surface area contributed by atoms with Crippen molar-refractivity contribution in [2.24, 2.45) is 0 Å². The van der Waals surface area contributed by atoms with E-state index in [9.17, 15) is 18.0 Å². The molecule has 0 bridgehead atoms. The Kier molecular flexibility index (Phi) is 5.61. The number of Topliss-reactive ketones (excluding diaryl/α,β-unsaturated/α-hetero) is 1. The van der Waals surface area contributed by atoms with Gasteiger partial charge in [-0.3, -0.25) is 4.79 Å². The zero-order valence-corrected chi connectivity index (χ0v) is 16.1.